The zero-order valence-electron chi connectivity index (χ0n) is 20.3. The summed E-state index contributed by atoms with van der Waals surface area (Å²) in [6, 6.07) is 8.97. The summed E-state index contributed by atoms with van der Waals surface area (Å²) in [5.41, 5.74) is 2.65. The van der Waals surface area contributed by atoms with E-state index >= 15 is 0 Å². The van der Waals surface area contributed by atoms with Gasteiger partial charge in [0.25, 0.3) is 0 Å². The number of aliphatic imine (C=N–C) groups is 1. The molecule has 2 aliphatic heterocycles. The summed E-state index contributed by atoms with van der Waals surface area (Å²) in [5, 5.41) is 6.77. The number of nitrogens with one attached hydrogen (secondary N) is 2. The zero-order chi connectivity index (χ0) is 22.4. The fourth-order valence-corrected chi connectivity index (χ4v) is 4.49. The largest absolute Gasteiger partial charge is 0.381 e. The van der Waals surface area contributed by atoms with Gasteiger partial charge in [-0.2, -0.15) is 0 Å². The van der Waals surface area contributed by atoms with Crippen LogP contribution < -0.4 is 10.6 Å². The molecule has 1 aromatic carbocycles. The van der Waals surface area contributed by atoms with Crippen LogP contribution in [-0.2, 0) is 22.6 Å². The molecule has 2 aliphatic rings. The van der Waals surface area contributed by atoms with Crippen molar-refractivity contribution in [1.82, 2.24) is 15.5 Å². The molecule has 0 bridgehead atoms. The summed E-state index contributed by atoms with van der Waals surface area (Å²) in [6.45, 7) is 13.8. The minimum Gasteiger partial charge on any atom is -0.381 e. The molecule has 3 rings (SSSR count). The highest BCUT2D eigenvalue weighted by atomic mass is 16.5. The van der Waals surface area contributed by atoms with Gasteiger partial charge in [-0.25, -0.2) is 4.99 Å². The number of likely N-dealkylation sites (tertiary alicyclic amines) is 1. The van der Waals surface area contributed by atoms with Crippen molar-refractivity contribution in [2.45, 2.75) is 59.0 Å². The fourth-order valence-electron chi connectivity index (χ4n) is 4.49. The number of benzene rings is 1. The van der Waals surface area contributed by atoms with Crippen molar-refractivity contribution < 1.29 is 9.47 Å². The lowest BCUT2D eigenvalue weighted by atomic mass is 9.99. The van der Waals surface area contributed by atoms with Crippen LogP contribution in [0.4, 0.5) is 0 Å². The van der Waals surface area contributed by atoms with Gasteiger partial charge in [0.2, 0.25) is 0 Å². The molecule has 0 spiro atoms. The second-order valence-corrected chi connectivity index (χ2v) is 9.41. The molecule has 0 radical (unpaired) electrons. The van der Waals surface area contributed by atoms with Gasteiger partial charge < -0.3 is 20.1 Å². The molecule has 6 heteroatoms. The van der Waals surface area contributed by atoms with E-state index in [9.17, 15) is 0 Å². The Balaban J connectivity index is 1.34. The van der Waals surface area contributed by atoms with Crippen LogP contribution in [0.1, 0.15) is 57.1 Å². The van der Waals surface area contributed by atoms with Gasteiger partial charge in [0.15, 0.2) is 5.96 Å². The van der Waals surface area contributed by atoms with Crippen LogP contribution in [0.3, 0.4) is 0 Å². The second-order valence-electron chi connectivity index (χ2n) is 9.41. The molecule has 0 aromatic heterocycles. The third-order valence-electron chi connectivity index (χ3n) is 6.39. The van der Waals surface area contributed by atoms with Crippen LogP contribution in [-0.4, -0.2) is 63.5 Å². The summed E-state index contributed by atoms with van der Waals surface area (Å²) in [5.74, 6) is 2.38. The summed E-state index contributed by atoms with van der Waals surface area (Å²) < 4.78 is 11.3. The predicted molar refractivity (Wildman–Crippen MR) is 132 cm³/mol. The Kier molecular flexibility index (Phi) is 11.3. The van der Waals surface area contributed by atoms with Gasteiger partial charge in [0, 0.05) is 52.6 Å². The summed E-state index contributed by atoms with van der Waals surface area (Å²) in [4.78, 5) is 7.34. The average Bonchev–Trinajstić information content (AvgIpc) is 2.81. The van der Waals surface area contributed by atoms with E-state index in [1.54, 1.807) is 0 Å². The molecule has 1 atom stereocenters. The van der Waals surface area contributed by atoms with Gasteiger partial charge >= 0.3 is 0 Å². The van der Waals surface area contributed by atoms with E-state index in [-0.39, 0.29) is 0 Å². The molecular weight excluding hydrogens is 400 g/mol. The van der Waals surface area contributed by atoms with Crippen molar-refractivity contribution in [3.63, 3.8) is 0 Å². The Morgan fingerprint density at radius 2 is 1.91 bits per heavy atom. The number of ether oxygens (including phenoxy) is 2. The van der Waals surface area contributed by atoms with Crippen LogP contribution in [0.2, 0.25) is 0 Å². The number of piperidine rings is 1. The minimum absolute atomic E-state index is 0.672. The third-order valence-corrected chi connectivity index (χ3v) is 6.39. The van der Waals surface area contributed by atoms with E-state index < -0.39 is 0 Å². The van der Waals surface area contributed by atoms with Crippen LogP contribution in [0.15, 0.2) is 29.3 Å². The van der Waals surface area contributed by atoms with E-state index in [1.165, 1.54) is 37.1 Å². The topological polar surface area (TPSA) is 58.1 Å². The Bertz CT molecular complexity index is 658. The second kappa shape index (κ2) is 14.5. The lowest BCUT2D eigenvalue weighted by Gasteiger charge is -2.30. The molecule has 1 unspecified atom stereocenters. The maximum atomic E-state index is 5.86. The number of hydrogen-bond donors (Lipinski definition) is 2. The zero-order valence-corrected chi connectivity index (χ0v) is 20.3. The number of hydrogen-bond acceptors (Lipinski definition) is 4. The summed E-state index contributed by atoms with van der Waals surface area (Å²) in [7, 11) is 0. The standard InChI is InChI=1S/C26H44N4O2/c1-3-27-26(28-13-5-15-32-21-25-11-16-31-17-12-25)29-18-23-7-9-24(10-8-23)20-30-14-4-6-22(2)19-30/h7-10,22,25H,3-6,11-21H2,1-2H3,(H2,27,28,29). The van der Waals surface area contributed by atoms with Crippen molar-refractivity contribution >= 4 is 5.96 Å². The fraction of sp³-hybridized carbons (Fsp3) is 0.731. The molecule has 2 heterocycles. The van der Waals surface area contributed by atoms with Gasteiger partial charge in [0.05, 0.1) is 6.54 Å². The first-order valence-electron chi connectivity index (χ1n) is 12.7. The van der Waals surface area contributed by atoms with Gasteiger partial charge in [-0.1, -0.05) is 31.2 Å². The van der Waals surface area contributed by atoms with Crippen molar-refractivity contribution in [2.75, 3.05) is 52.6 Å². The molecule has 32 heavy (non-hydrogen) atoms. The smallest absolute Gasteiger partial charge is 0.191 e. The Morgan fingerprint density at radius 1 is 1.12 bits per heavy atom. The molecule has 2 N–H and O–H groups in total. The third kappa shape index (κ3) is 9.47. The predicted octanol–water partition coefficient (Wildman–Crippen LogP) is 3.81. The SMILES string of the molecule is CCNC(=NCc1ccc(CN2CCCC(C)C2)cc1)NCCCOCC1CCOCC1. The van der Waals surface area contributed by atoms with Crippen LogP contribution in [0.5, 0.6) is 0 Å². The van der Waals surface area contributed by atoms with Gasteiger partial charge in [-0.15, -0.1) is 0 Å². The molecule has 2 saturated heterocycles. The van der Waals surface area contributed by atoms with Gasteiger partial charge in [0.1, 0.15) is 0 Å². The lowest BCUT2D eigenvalue weighted by molar-refractivity contribution is 0.0203. The first kappa shape index (κ1) is 25.0. The Hall–Kier alpha value is -1.63. The van der Waals surface area contributed by atoms with Crippen molar-refractivity contribution in [3.05, 3.63) is 35.4 Å². The number of rotatable bonds is 11. The molecule has 1 aromatic rings. The normalized spacial score (nSPS) is 20.9. The van der Waals surface area contributed by atoms with E-state index in [2.05, 4.69) is 53.6 Å². The number of nitrogens with zero attached hydrogens (tertiary/aromatic N) is 2. The van der Waals surface area contributed by atoms with Gasteiger partial charge in [-0.3, -0.25) is 4.90 Å². The Morgan fingerprint density at radius 3 is 2.66 bits per heavy atom. The maximum Gasteiger partial charge on any atom is 0.191 e. The van der Waals surface area contributed by atoms with Crippen LogP contribution in [0.25, 0.3) is 0 Å². The lowest BCUT2D eigenvalue weighted by Crippen LogP contribution is -2.38. The highest BCUT2D eigenvalue weighted by Gasteiger charge is 2.16. The summed E-state index contributed by atoms with van der Waals surface area (Å²) >= 11 is 0. The quantitative estimate of drug-likeness (QED) is 0.309. The van der Waals surface area contributed by atoms with Gasteiger partial charge in [-0.05, 0) is 68.5 Å². The minimum atomic E-state index is 0.672. The highest BCUT2D eigenvalue weighted by Crippen LogP contribution is 2.18. The van der Waals surface area contributed by atoms with Crippen molar-refractivity contribution in [1.29, 1.82) is 0 Å². The Labute approximate surface area is 195 Å². The molecule has 0 aliphatic carbocycles. The monoisotopic (exact) mass is 444 g/mol. The molecular formula is C26H44N4O2. The maximum absolute atomic E-state index is 5.86. The number of guanidine groups is 1. The first-order chi connectivity index (χ1) is 15.7. The van der Waals surface area contributed by atoms with E-state index in [0.717, 1.165) is 77.2 Å². The molecule has 0 saturated carbocycles. The molecule has 180 valence electrons. The summed E-state index contributed by atoms with van der Waals surface area (Å²) in [6.07, 6.45) is 5.95. The van der Waals surface area contributed by atoms with Crippen LogP contribution in [0, 0.1) is 11.8 Å². The van der Waals surface area contributed by atoms with Crippen LogP contribution >= 0.6 is 0 Å². The average molecular weight is 445 g/mol. The van der Waals surface area contributed by atoms with E-state index in [1.807, 2.05) is 0 Å². The molecule has 0 amide bonds. The molecule has 6 nitrogen and oxygen atoms in total. The van der Waals surface area contributed by atoms with Crippen molar-refractivity contribution in [2.24, 2.45) is 16.8 Å². The molecule has 2 fully saturated rings. The van der Waals surface area contributed by atoms with E-state index in [4.69, 9.17) is 14.5 Å². The van der Waals surface area contributed by atoms with Crippen molar-refractivity contribution in [3.8, 4) is 0 Å². The first-order valence-corrected chi connectivity index (χ1v) is 12.7. The highest BCUT2D eigenvalue weighted by molar-refractivity contribution is 5.79. The van der Waals surface area contributed by atoms with E-state index in [0.29, 0.717) is 12.5 Å².